The van der Waals surface area contributed by atoms with E-state index in [0.29, 0.717) is 0 Å². The molecule has 0 amide bonds. The molecule has 3 nitrogen and oxygen atoms in total. The van der Waals surface area contributed by atoms with Crippen molar-refractivity contribution >= 4 is 5.97 Å². The smallest absolute Gasteiger partial charge is 0.314 e. The number of carboxylic acids is 1. The Kier molecular flexibility index (Phi) is 2.86. The summed E-state index contributed by atoms with van der Waals surface area (Å²) >= 11 is 0. The second-order valence-corrected chi connectivity index (χ2v) is 4.90. The van der Waals surface area contributed by atoms with Crippen LogP contribution in [0.15, 0.2) is 18.2 Å². The van der Waals surface area contributed by atoms with Crippen molar-refractivity contribution in [3.05, 3.63) is 29.3 Å². The monoisotopic (exact) mass is 234 g/mol. The number of methoxy groups -OCH3 is 1. The van der Waals surface area contributed by atoms with Gasteiger partial charge in [0.1, 0.15) is 5.75 Å². The summed E-state index contributed by atoms with van der Waals surface area (Å²) in [6, 6.07) is 5.73. The fourth-order valence-corrected chi connectivity index (χ4v) is 2.69. The van der Waals surface area contributed by atoms with E-state index in [0.717, 1.165) is 29.7 Å². The normalized spacial score (nSPS) is 27.4. The summed E-state index contributed by atoms with van der Waals surface area (Å²) in [7, 11) is 1.61. The van der Waals surface area contributed by atoms with Crippen LogP contribution in [0.5, 0.6) is 5.75 Å². The van der Waals surface area contributed by atoms with E-state index in [1.165, 1.54) is 0 Å². The summed E-state index contributed by atoms with van der Waals surface area (Å²) in [6.45, 7) is 3.96. The highest BCUT2D eigenvalue weighted by molar-refractivity contribution is 5.83. The Labute approximate surface area is 101 Å². The van der Waals surface area contributed by atoms with Gasteiger partial charge in [0.2, 0.25) is 0 Å². The van der Waals surface area contributed by atoms with E-state index in [1.807, 2.05) is 32.0 Å². The van der Waals surface area contributed by atoms with E-state index >= 15 is 0 Å². The highest BCUT2D eigenvalue weighted by Gasteiger charge is 2.52. The maximum Gasteiger partial charge on any atom is 0.314 e. The van der Waals surface area contributed by atoms with Gasteiger partial charge in [0.25, 0.3) is 0 Å². The molecule has 0 aromatic heterocycles. The summed E-state index contributed by atoms with van der Waals surface area (Å²) in [5.41, 5.74) is 1.19. The fraction of sp³-hybridized carbons (Fsp3) is 0.500. The molecule has 1 aromatic rings. The third-order valence-electron chi connectivity index (χ3n) is 4.12. The van der Waals surface area contributed by atoms with Crippen LogP contribution in [0.1, 0.15) is 30.9 Å². The molecule has 0 radical (unpaired) electrons. The van der Waals surface area contributed by atoms with Gasteiger partial charge in [-0.2, -0.15) is 0 Å². The molecule has 2 unspecified atom stereocenters. The Morgan fingerprint density at radius 3 is 2.65 bits per heavy atom. The number of hydrogen-bond acceptors (Lipinski definition) is 2. The molecule has 3 heteroatoms. The van der Waals surface area contributed by atoms with Crippen LogP contribution in [0.25, 0.3) is 0 Å². The number of benzene rings is 1. The maximum atomic E-state index is 11.6. The molecule has 1 aliphatic carbocycles. The van der Waals surface area contributed by atoms with Crippen molar-refractivity contribution in [2.75, 3.05) is 7.11 Å². The maximum absolute atomic E-state index is 11.6. The summed E-state index contributed by atoms with van der Waals surface area (Å²) < 4.78 is 5.27. The van der Waals surface area contributed by atoms with Crippen LogP contribution in [0.3, 0.4) is 0 Å². The van der Waals surface area contributed by atoms with Gasteiger partial charge in [0, 0.05) is 0 Å². The summed E-state index contributed by atoms with van der Waals surface area (Å²) in [5.74, 6) is 0.233. The molecule has 17 heavy (non-hydrogen) atoms. The Hall–Kier alpha value is -1.51. The van der Waals surface area contributed by atoms with Gasteiger partial charge in [-0.15, -0.1) is 0 Å². The van der Waals surface area contributed by atoms with Gasteiger partial charge in [0.05, 0.1) is 12.5 Å². The Balaban J connectivity index is 2.48. The number of carbonyl (C=O) groups is 1. The predicted molar refractivity (Wildman–Crippen MR) is 65.4 cm³/mol. The van der Waals surface area contributed by atoms with Gasteiger partial charge in [-0.25, -0.2) is 0 Å². The summed E-state index contributed by atoms with van der Waals surface area (Å²) in [4.78, 5) is 11.6. The lowest BCUT2D eigenvalue weighted by atomic mass is 9.57. The highest BCUT2D eigenvalue weighted by Crippen LogP contribution is 2.49. The lowest BCUT2D eigenvalue weighted by Gasteiger charge is -2.45. The van der Waals surface area contributed by atoms with Crippen LogP contribution in [-0.4, -0.2) is 18.2 Å². The zero-order chi connectivity index (χ0) is 12.6. The molecule has 2 atom stereocenters. The molecule has 0 aliphatic heterocycles. The van der Waals surface area contributed by atoms with E-state index in [4.69, 9.17) is 4.74 Å². The van der Waals surface area contributed by atoms with Crippen molar-refractivity contribution in [3.63, 3.8) is 0 Å². The van der Waals surface area contributed by atoms with E-state index in [9.17, 15) is 9.90 Å². The number of aryl methyl sites for hydroxylation is 1. The number of hydrogen-bond donors (Lipinski definition) is 1. The van der Waals surface area contributed by atoms with Gasteiger partial charge in [0.15, 0.2) is 0 Å². The van der Waals surface area contributed by atoms with E-state index < -0.39 is 11.4 Å². The zero-order valence-electron chi connectivity index (χ0n) is 10.5. The zero-order valence-corrected chi connectivity index (χ0v) is 10.5. The quantitative estimate of drug-likeness (QED) is 0.874. The standard InChI is InChI=1S/C14H18O3/c1-9-4-5-11(8-12(9)17-3)14(13(15)16)7-6-10(14)2/h4-5,8,10H,6-7H2,1-3H3,(H,15,16). The average Bonchev–Trinajstić information content (AvgIpc) is 2.29. The van der Waals surface area contributed by atoms with Gasteiger partial charge in [-0.3, -0.25) is 4.79 Å². The van der Waals surface area contributed by atoms with Crippen molar-refractivity contribution in [1.29, 1.82) is 0 Å². The molecule has 0 heterocycles. The molecule has 0 spiro atoms. The van der Waals surface area contributed by atoms with Gasteiger partial charge >= 0.3 is 5.97 Å². The fourth-order valence-electron chi connectivity index (χ4n) is 2.69. The van der Waals surface area contributed by atoms with Crippen LogP contribution < -0.4 is 4.74 Å². The van der Waals surface area contributed by atoms with E-state index in [-0.39, 0.29) is 5.92 Å². The third kappa shape index (κ3) is 1.61. The number of aliphatic carboxylic acids is 1. The molecule has 2 rings (SSSR count). The molecular weight excluding hydrogens is 216 g/mol. The molecule has 1 fully saturated rings. The van der Waals surface area contributed by atoms with Crippen molar-refractivity contribution in [2.24, 2.45) is 5.92 Å². The minimum Gasteiger partial charge on any atom is -0.496 e. The Bertz CT molecular complexity index is 453. The Morgan fingerprint density at radius 1 is 1.53 bits per heavy atom. The van der Waals surface area contributed by atoms with Crippen molar-refractivity contribution < 1.29 is 14.6 Å². The first-order valence-corrected chi connectivity index (χ1v) is 5.91. The molecule has 92 valence electrons. The lowest BCUT2D eigenvalue weighted by molar-refractivity contribution is -0.151. The van der Waals surface area contributed by atoms with Gasteiger partial charge in [-0.1, -0.05) is 19.1 Å². The summed E-state index contributed by atoms with van der Waals surface area (Å²) in [6.07, 6.45) is 1.69. The second kappa shape index (κ2) is 4.06. The third-order valence-corrected chi connectivity index (χ3v) is 4.12. The van der Waals surface area contributed by atoms with Gasteiger partial charge < -0.3 is 9.84 Å². The molecule has 1 aliphatic rings. The molecular formula is C14H18O3. The first kappa shape index (κ1) is 12.0. The van der Waals surface area contributed by atoms with Crippen LogP contribution in [0.2, 0.25) is 0 Å². The summed E-state index contributed by atoms with van der Waals surface area (Å²) in [5, 5.41) is 9.50. The van der Waals surface area contributed by atoms with Crippen LogP contribution >= 0.6 is 0 Å². The van der Waals surface area contributed by atoms with Crippen LogP contribution in [0.4, 0.5) is 0 Å². The molecule has 1 saturated carbocycles. The van der Waals surface area contributed by atoms with Crippen LogP contribution in [-0.2, 0) is 10.2 Å². The predicted octanol–water partition coefficient (Wildman–Crippen LogP) is 2.76. The molecule has 1 N–H and O–H groups in total. The van der Waals surface area contributed by atoms with Gasteiger partial charge in [-0.05, 0) is 42.9 Å². The minimum atomic E-state index is -0.720. The van der Waals surface area contributed by atoms with Crippen molar-refractivity contribution in [3.8, 4) is 5.75 Å². The Morgan fingerprint density at radius 2 is 2.24 bits per heavy atom. The highest BCUT2D eigenvalue weighted by atomic mass is 16.5. The number of carboxylic acid groups (broad SMARTS) is 1. The minimum absolute atomic E-state index is 0.187. The van der Waals surface area contributed by atoms with E-state index in [2.05, 4.69) is 0 Å². The first-order chi connectivity index (χ1) is 8.02. The lowest BCUT2D eigenvalue weighted by Crippen LogP contribution is -2.49. The van der Waals surface area contributed by atoms with Crippen LogP contribution in [0, 0.1) is 12.8 Å². The van der Waals surface area contributed by atoms with Crippen molar-refractivity contribution in [1.82, 2.24) is 0 Å². The SMILES string of the molecule is COc1cc(C2(C(=O)O)CCC2C)ccc1C. The molecule has 0 saturated heterocycles. The largest absolute Gasteiger partial charge is 0.496 e. The number of ether oxygens (including phenoxy) is 1. The average molecular weight is 234 g/mol. The molecule has 0 bridgehead atoms. The van der Waals surface area contributed by atoms with E-state index in [1.54, 1.807) is 7.11 Å². The topological polar surface area (TPSA) is 46.5 Å². The number of rotatable bonds is 3. The van der Waals surface area contributed by atoms with Crippen molar-refractivity contribution in [2.45, 2.75) is 32.1 Å². The first-order valence-electron chi connectivity index (χ1n) is 5.91. The molecule has 1 aromatic carbocycles. The second-order valence-electron chi connectivity index (χ2n) is 4.90.